The Morgan fingerprint density at radius 1 is 0.960 bits per heavy atom. The molecule has 1 aromatic heterocycles. The van der Waals surface area contributed by atoms with Crippen LogP contribution in [-0.4, -0.2) is 37.4 Å². The molecule has 7 heteroatoms. The Kier molecular flexibility index (Phi) is 5.15. The number of nitrogen functional groups attached to an aromatic ring is 1. The van der Waals surface area contributed by atoms with Crippen molar-refractivity contribution in [2.75, 3.05) is 33.2 Å². The average molecular weight is 341 g/mol. The van der Waals surface area contributed by atoms with Gasteiger partial charge in [-0.2, -0.15) is 0 Å². The summed E-state index contributed by atoms with van der Waals surface area (Å²) in [5.41, 5.74) is 7.05. The lowest BCUT2D eigenvalue weighted by Crippen LogP contribution is -2.05. The van der Waals surface area contributed by atoms with Crippen LogP contribution in [0.2, 0.25) is 0 Å². The Hall–Kier alpha value is -3.06. The van der Waals surface area contributed by atoms with Crippen molar-refractivity contribution < 1.29 is 18.9 Å². The highest BCUT2D eigenvalue weighted by Crippen LogP contribution is 2.36. The van der Waals surface area contributed by atoms with Crippen LogP contribution in [0.25, 0.3) is 10.9 Å². The molecule has 0 fully saturated rings. The summed E-state index contributed by atoms with van der Waals surface area (Å²) < 4.78 is 22.0. The van der Waals surface area contributed by atoms with Gasteiger partial charge in [-0.25, -0.2) is 9.97 Å². The molecule has 3 aromatic rings. The van der Waals surface area contributed by atoms with E-state index in [9.17, 15) is 0 Å². The van der Waals surface area contributed by atoms with E-state index in [0.717, 1.165) is 5.39 Å². The summed E-state index contributed by atoms with van der Waals surface area (Å²) in [6, 6.07) is 10.7. The second-order valence-corrected chi connectivity index (χ2v) is 5.21. The summed E-state index contributed by atoms with van der Waals surface area (Å²) in [7, 11) is 3.20. The molecule has 0 aliphatic carbocycles. The van der Waals surface area contributed by atoms with Crippen LogP contribution in [0.1, 0.15) is 0 Å². The highest BCUT2D eigenvalue weighted by atomic mass is 16.5. The van der Waals surface area contributed by atoms with Gasteiger partial charge in [0.15, 0.2) is 11.5 Å². The molecule has 0 saturated carbocycles. The van der Waals surface area contributed by atoms with Crippen LogP contribution in [0.3, 0.4) is 0 Å². The zero-order chi connectivity index (χ0) is 17.6. The van der Waals surface area contributed by atoms with E-state index in [1.165, 1.54) is 6.33 Å². The zero-order valence-electron chi connectivity index (χ0n) is 14.1. The van der Waals surface area contributed by atoms with E-state index in [4.69, 9.17) is 24.7 Å². The number of anilines is 1. The number of benzene rings is 2. The molecule has 0 atom stereocenters. The fourth-order valence-corrected chi connectivity index (χ4v) is 2.28. The van der Waals surface area contributed by atoms with E-state index in [2.05, 4.69) is 9.97 Å². The second-order valence-electron chi connectivity index (χ2n) is 5.21. The molecule has 0 spiro atoms. The predicted octanol–water partition coefficient (Wildman–Crippen LogP) is 3.04. The van der Waals surface area contributed by atoms with E-state index in [1.807, 2.05) is 0 Å². The highest BCUT2D eigenvalue weighted by molar-refractivity contribution is 5.87. The summed E-state index contributed by atoms with van der Waals surface area (Å²) in [5.74, 6) is 2.22. The predicted molar refractivity (Wildman–Crippen MR) is 94.4 cm³/mol. The van der Waals surface area contributed by atoms with Gasteiger partial charge in [-0.15, -0.1) is 0 Å². The third-order valence-electron chi connectivity index (χ3n) is 3.52. The molecule has 2 N–H and O–H groups in total. The smallest absolute Gasteiger partial charge is 0.230 e. The summed E-state index contributed by atoms with van der Waals surface area (Å²) in [6.45, 7) is 0.898. The number of aromatic nitrogens is 2. The molecule has 3 rings (SSSR count). The fraction of sp³-hybridized carbons (Fsp3) is 0.222. The van der Waals surface area contributed by atoms with Gasteiger partial charge in [-0.3, -0.25) is 0 Å². The van der Waals surface area contributed by atoms with E-state index in [-0.39, 0.29) is 0 Å². The maximum absolute atomic E-state index is 5.86. The number of nitrogens with two attached hydrogens (primary N) is 1. The van der Waals surface area contributed by atoms with Crippen molar-refractivity contribution in [1.82, 2.24) is 9.97 Å². The van der Waals surface area contributed by atoms with Crippen molar-refractivity contribution in [3.8, 4) is 23.1 Å². The third kappa shape index (κ3) is 3.89. The maximum Gasteiger partial charge on any atom is 0.230 e. The summed E-state index contributed by atoms with van der Waals surface area (Å²) in [4.78, 5) is 8.51. The van der Waals surface area contributed by atoms with Gasteiger partial charge >= 0.3 is 0 Å². The van der Waals surface area contributed by atoms with Crippen LogP contribution in [0.4, 0.5) is 5.69 Å². The number of hydrogen-bond donors (Lipinski definition) is 1. The molecular formula is C18H19N3O4. The van der Waals surface area contributed by atoms with Gasteiger partial charge in [0.2, 0.25) is 5.88 Å². The highest BCUT2D eigenvalue weighted by Gasteiger charge is 2.13. The maximum atomic E-state index is 5.86. The lowest BCUT2D eigenvalue weighted by Gasteiger charge is -2.13. The Morgan fingerprint density at radius 3 is 2.48 bits per heavy atom. The number of hydrogen-bond acceptors (Lipinski definition) is 7. The van der Waals surface area contributed by atoms with E-state index >= 15 is 0 Å². The molecule has 0 amide bonds. The quantitative estimate of drug-likeness (QED) is 0.522. The first-order valence-electron chi connectivity index (χ1n) is 7.69. The Bertz CT molecular complexity index is 853. The van der Waals surface area contributed by atoms with Crippen molar-refractivity contribution >= 4 is 16.6 Å². The van der Waals surface area contributed by atoms with Crippen LogP contribution in [-0.2, 0) is 4.74 Å². The topological polar surface area (TPSA) is 88.7 Å². The number of rotatable bonds is 7. The fourth-order valence-electron chi connectivity index (χ4n) is 2.28. The largest absolute Gasteiger partial charge is 0.493 e. The van der Waals surface area contributed by atoms with E-state index in [0.29, 0.717) is 47.5 Å². The summed E-state index contributed by atoms with van der Waals surface area (Å²) in [5, 5.41) is 0.718. The van der Waals surface area contributed by atoms with E-state index < -0.39 is 0 Å². The minimum atomic E-state index is 0.415. The summed E-state index contributed by atoms with van der Waals surface area (Å²) >= 11 is 0. The van der Waals surface area contributed by atoms with Crippen LogP contribution < -0.4 is 19.9 Å². The van der Waals surface area contributed by atoms with Gasteiger partial charge in [0, 0.05) is 18.9 Å². The van der Waals surface area contributed by atoms with E-state index in [1.54, 1.807) is 50.6 Å². The molecule has 1 heterocycles. The van der Waals surface area contributed by atoms with Gasteiger partial charge < -0.3 is 24.7 Å². The van der Waals surface area contributed by atoms with Gasteiger partial charge in [0.25, 0.3) is 0 Å². The Morgan fingerprint density at radius 2 is 1.76 bits per heavy atom. The van der Waals surface area contributed by atoms with Gasteiger partial charge in [0.05, 0.1) is 24.6 Å². The van der Waals surface area contributed by atoms with Crippen LogP contribution in [0.15, 0.2) is 42.7 Å². The van der Waals surface area contributed by atoms with Gasteiger partial charge in [-0.05, 0) is 30.3 Å². The molecule has 130 valence electrons. The molecule has 25 heavy (non-hydrogen) atoms. The van der Waals surface area contributed by atoms with Crippen LogP contribution in [0.5, 0.6) is 23.1 Å². The van der Waals surface area contributed by atoms with Crippen LogP contribution >= 0.6 is 0 Å². The Balaban J connectivity index is 1.95. The van der Waals surface area contributed by atoms with Crippen molar-refractivity contribution in [1.29, 1.82) is 0 Å². The normalized spacial score (nSPS) is 10.6. The van der Waals surface area contributed by atoms with Crippen molar-refractivity contribution in [2.45, 2.75) is 0 Å². The average Bonchev–Trinajstić information content (AvgIpc) is 2.63. The molecule has 0 aliphatic heterocycles. The monoisotopic (exact) mass is 341 g/mol. The molecule has 2 aromatic carbocycles. The van der Waals surface area contributed by atoms with Gasteiger partial charge in [0.1, 0.15) is 18.7 Å². The molecule has 0 unspecified atom stereocenters. The Labute approximate surface area is 145 Å². The number of methoxy groups -OCH3 is 2. The first-order valence-corrected chi connectivity index (χ1v) is 7.69. The number of nitrogens with zero attached hydrogens (tertiary/aromatic N) is 2. The van der Waals surface area contributed by atoms with Crippen LogP contribution in [0, 0.1) is 0 Å². The van der Waals surface area contributed by atoms with Crippen molar-refractivity contribution in [3.05, 3.63) is 42.7 Å². The molecule has 0 radical (unpaired) electrons. The third-order valence-corrected chi connectivity index (χ3v) is 3.52. The molecule has 7 nitrogen and oxygen atoms in total. The SMILES string of the molecule is COCCOc1cc2ncnc(Oc3ccc(N)cc3)c2cc1OC. The molecular weight excluding hydrogens is 322 g/mol. The zero-order valence-corrected chi connectivity index (χ0v) is 14.1. The van der Waals surface area contributed by atoms with Gasteiger partial charge in [-0.1, -0.05) is 0 Å². The lowest BCUT2D eigenvalue weighted by molar-refractivity contribution is 0.144. The molecule has 0 bridgehead atoms. The number of ether oxygens (including phenoxy) is 4. The number of fused-ring (bicyclic) bond motifs is 1. The molecule has 0 saturated heterocycles. The first-order chi connectivity index (χ1) is 12.2. The van der Waals surface area contributed by atoms with Crippen molar-refractivity contribution in [3.63, 3.8) is 0 Å². The second kappa shape index (κ2) is 7.67. The summed E-state index contributed by atoms with van der Waals surface area (Å²) in [6.07, 6.45) is 1.44. The van der Waals surface area contributed by atoms with Crippen molar-refractivity contribution in [2.24, 2.45) is 0 Å². The standard InChI is InChI=1S/C18H19N3O4/c1-22-7-8-24-17-10-15-14(9-16(17)23-2)18(21-11-20-15)25-13-5-3-12(19)4-6-13/h3-6,9-11H,7-8,19H2,1-2H3. The lowest BCUT2D eigenvalue weighted by atomic mass is 10.2. The minimum Gasteiger partial charge on any atom is -0.493 e. The minimum absolute atomic E-state index is 0.415. The first kappa shape index (κ1) is 16.8. The molecule has 0 aliphatic rings.